The van der Waals surface area contributed by atoms with Crippen LogP contribution in [0, 0.1) is 23.6 Å². The van der Waals surface area contributed by atoms with Gasteiger partial charge in [-0.25, -0.2) is 9.87 Å². The Morgan fingerprint density at radius 2 is 1.23 bits per heavy atom. The van der Waals surface area contributed by atoms with E-state index in [1.807, 2.05) is 0 Å². The van der Waals surface area contributed by atoms with Gasteiger partial charge in [0.15, 0.2) is 35.7 Å². The van der Waals surface area contributed by atoms with Crippen molar-refractivity contribution in [2.75, 3.05) is 128 Å². The van der Waals surface area contributed by atoms with Gasteiger partial charge in [0.2, 0.25) is 41.4 Å². The van der Waals surface area contributed by atoms with Crippen LogP contribution in [0.4, 0.5) is 4.39 Å². The lowest BCUT2D eigenvalue weighted by Crippen LogP contribution is -2.53. The van der Waals surface area contributed by atoms with Gasteiger partial charge in [0.1, 0.15) is 25.1 Å². The molecule has 0 aliphatic carbocycles. The summed E-state index contributed by atoms with van der Waals surface area (Å²) in [4.78, 5) is 189. The van der Waals surface area contributed by atoms with Crippen LogP contribution in [0.3, 0.4) is 0 Å². The number of ketones is 4. The van der Waals surface area contributed by atoms with E-state index in [0.29, 0.717) is 30.9 Å². The Morgan fingerprint density at radius 1 is 0.631 bits per heavy atom. The number of halogens is 1. The number of thioether (sulfide) groups is 1. The minimum Gasteiger partial charge on any atom is -0.481 e. The van der Waals surface area contributed by atoms with Gasteiger partial charge in [-0.3, -0.25) is 72.2 Å². The maximum absolute atomic E-state index is 14.6. The number of carboxylic acids is 1. The Hall–Kier alpha value is -8.17. The second kappa shape index (κ2) is 51.9. The molecule has 13 N–H and O–H groups in total. The smallest absolute Gasteiger partial charge is 0.304 e. The van der Waals surface area contributed by atoms with E-state index in [-0.39, 0.29) is 151 Å². The van der Waals surface area contributed by atoms with E-state index in [4.69, 9.17) is 44.8 Å². The maximum Gasteiger partial charge on any atom is 0.304 e. The first-order chi connectivity index (χ1) is 49.6. The number of hydrogen-bond acceptors (Lipinski definition) is 25. The normalized spacial score (nSPS) is 20.2. The molecule has 8 amide bonds. The zero-order valence-electron chi connectivity index (χ0n) is 57.5. The van der Waals surface area contributed by atoms with E-state index in [2.05, 4.69) is 52.8 Å². The molecule has 2 fully saturated rings. The third-order valence-corrected chi connectivity index (χ3v) is 18.6. The third-order valence-electron chi connectivity index (χ3n) is 15.1. The molecule has 103 heavy (non-hydrogen) atoms. The molecule has 2 aromatic carbocycles. The summed E-state index contributed by atoms with van der Waals surface area (Å²) in [5.74, 6) is -14.5. The highest BCUT2D eigenvalue weighted by atomic mass is 33.1. The molecule has 33 nitrogen and oxygen atoms in total. The Labute approximate surface area is 608 Å². The molecule has 0 spiro atoms. The summed E-state index contributed by atoms with van der Waals surface area (Å²) in [5.41, 5.74) is 14.5. The van der Waals surface area contributed by atoms with Crippen molar-refractivity contribution in [3.8, 4) is 0 Å². The molecule has 7 atom stereocenters. The second-order valence-electron chi connectivity index (χ2n) is 23.4. The molecule has 4 rings (SSSR count). The SMILES string of the molecule is CCC(=O)[C@@H]1CSCC(=O)N[C@@H](CCCCNC(=O)COCC(=O)NCCOCCOCCOCCOCCONC(=O)CO/N=C\c2ccc([18F])cc2)C(=O)N[C@H]2CSSC[C@H](NC(=O)[C@H](CC(=O)O)CC(=O)CNC(=O)[C@H](CCCN=C(N)N)CC2=O)C(=O)C[C@@H](Cc2ccccc2)C(=O)N1. The lowest BCUT2D eigenvalue weighted by Gasteiger charge is -2.26. The number of Topliss-reactive ketones (excluding diaryl/α,β-unsaturated/α-hetero) is 4. The van der Waals surface area contributed by atoms with Crippen LogP contribution in [-0.2, 0) is 102 Å². The van der Waals surface area contributed by atoms with Crippen LogP contribution in [0.15, 0.2) is 64.7 Å². The van der Waals surface area contributed by atoms with Crippen molar-refractivity contribution in [3.63, 3.8) is 0 Å². The number of guanidine groups is 1. The number of nitrogens with zero attached hydrogens (tertiary/aromatic N) is 2. The van der Waals surface area contributed by atoms with E-state index < -0.39 is 158 Å². The number of carboxylic acid groups (broad SMARTS) is 1. The molecule has 2 aliphatic heterocycles. The monoisotopic (exact) mass is 1510 g/mol. The number of hydrogen-bond donors (Lipinski definition) is 11. The molecule has 2 aromatic rings. The van der Waals surface area contributed by atoms with Crippen molar-refractivity contribution in [1.29, 1.82) is 0 Å². The summed E-state index contributed by atoms with van der Waals surface area (Å²) < 4.78 is 40.0. The van der Waals surface area contributed by atoms with Gasteiger partial charge in [-0.15, -0.1) is 11.8 Å². The Balaban J connectivity index is 1.29. The lowest BCUT2D eigenvalue weighted by atomic mass is 9.90. The van der Waals surface area contributed by atoms with E-state index in [1.54, 1.807) is 37.3 Å². The minimum absolute atomic E-state index is 0.0117. The van der Waals surface area contributed by atoms with Gasteiger partial charge in [-0.1, -0.05) is 76.1 Å². The lowest BCUT2D eigenvalue weighted by molar-refractivity contribution is -0.142. The van der Waals surface area contributed by atoms with Crippen molar-refractivity contribution in [2.24, 2.45) is 39.4 Å². The van der Waals surface area contributed by atoms with Crippen molar-refractivity contribution in [1.82, 2.24) is 42.7 Å². The number of oxime groups is 1. The van der Waals surface area contributed by atoms with Crippen LogP contribution in [-0.4, -0.2) is 246 Å². The zero-order valence-corrected chi connectivity index (χ0v) is 59.9. The highest BCUT2D eigenvalue weighted by Gasteiger charge is 2.36. The summed E-state index contributed by atoms with van der Waals surface area (Å²) in [5, 5.41) is 32.1. The van der Waals surface area contributed by atoms with Crippen molar-refractivity contribution < 1.29 is 105 Å². The van der Waals surface area contributed by atoms with Gasteiger partial charge < -0.3 is 82.3 Å². The number of nitrogens with one attached hydrogen (secondary N) is 8. The number of fused-ring (bicyclic) bond motifs is 5. The standard InChI is InChI=1S/C66H95FN12O21S3/c1-2-54(81)51-39-101-42-60(87)75-50(12-6-7-17-70-57(84)36-98-37-58(85)71-19-20-94-21-22-95-23-24-96-25-26-97-27-28-99-79-59(86)38-100-74-34-44-13-15-48(67)16-14-44)65(93)78-53-41-103-102-40-52(56(83)32-46(63(91)76-51)29-43-9-4-3-5-10-43)77-64(92)47(33-61(88)89)30-49(80)35-73-62(90)45(31-55(53)82)11-8-18-72-66(68)69/h3-5,9-10,13-16,34,45-47,50-53H,2,6-8,11-12,17-33,35-42H2,1H3,(H,70,84)(H,71,85)(H,73,90)(H,75,87)(H,76,91)(H,77,92)(H,78,93)(H,79,86)(H,88,89)(H4,68,69,72)/b74-34-/t45-,46-,47+,50+,51+,52+,53+/m1/s1/i67-1. The van der Waals surface area contributed by atoms with Crippen LogP contribution < -0.4 is 54.2 Å². The van der Waals surface area contributed by atoms with Crippen molar-refractivity contribution in [3.05, 3.63) is 71.5 Å². The first kappa shape index (κ1) is 87.2. The van der Waals surface area contributed by atoms with Crippen molar-refractivity contribution in [2.45, 2.75) is 102 Å². The summed E-state index contributed by atoms with van der Waals surface area (Å²) in [6.07, 6.45) is -0.458. The van der Waals surface area contributed by atoms with Gasteiger partial charge >= 0.3 is 5.97 Å². The fraction of sp³-hybridized carbons (Fsp3) is 0.591. The van der Waals surface area contributed by atoms with Gasteiger partial charge in [-0.05, 0) is 61.8 Å². The average Bonchev–Trinajstić information content (AvgIpc) is 1.36. The van der Waals surface area contributed by atoms with Crippen LogP contribution in [0.1, 0.15) is 82.3 Å². The largest absolute Gasteiger partial charge is 0.481 e. The molecule has 570 valence electrons. The van der Waals surface area contributed by atoms with Crippen LogP contribution >= 0.6 is 33.3 Å². The van der Waals surface area contributed by atoms with Crippen LogP contribution in [0.2, 0.25) is 0 Å². The van der Waals surface area contributed by atoms with E-state index >= 15 is 0 Å². The average molecular weight is 1510 g/mol. The molecule has 2 heterocycles. The first-order valence-corrected chi connectivity index (χ1v) is 37.2. The molecule has 0 unspecified atom stereocenters. The zero-order chi connectivity index (χ0) is 75.0. The fourth-order valence-electron chi connectivity index (χ4n) is 9.76. The number of rotatable bonds is 39. The number of aliphatic carboxylic acids is 1. The summed E-state index contributed by atoms with van der Waals surface area (Å²) in [7, 11) is 2.01. The van der Waals surface area contributed by atoms with Gasteiger partial charge in [0.25, 0.3) is 5.91 Å². The molecule has 37 heteroatoms. The highest BCUT2D eigenvalue weighted by molar-refractivity contribution is 8.76. The minimum atomic E-state index is -1.51. The predicted octanol–water partition coefficient (Wildman–Crippen LogP) is -0.617. The number of ether oxygens (including phenoxy) is 5. The topological polar surface area (TPSA) is 480 Å². The number of hydroxylamine groups is 1. The number of nitrogens with two attached hydrogens (primary N) is 2. The Kier molecular flexibility index (Phi) is 43.9. The number of amides is 8. The van der Waals surface area contributed by atoms with Crippen LogP contribution in [0.25, 0.3) is 0 Å². The molecule has 0 aromatic heterocycles. The quantitative estimate of drug-likeness (QED) is 0.0131. The number of benzene rings is 2. The van der Waals surface area contributed by atoms with E-state index in [1.165, 1.54) is 30.5 Å². The number of carbonyl (C=O) groups is 13. The van der Waals surface area contributed by atoms with Crippen molar-refractivity contribution >= 4 is 122 Å². The molecule has 2 aliphatic rings. The highest BCUT2D eigenvalue weighted by Crippen LogP contribution is 2.27. The van der Waals surface area contributed by atoms with Gasteiger partial charge in [0.05, 0.1) is 108 Å². The van der Waals surface area contributed by atoms with Crippen LogP contribution in [0.5, 0.6) is 0 Å². The maximum atomic E-state index is 14.6. The first-order valence-electron chi connectivity index (χ1n) is 33.5. The van der Waals surface area contributed by atoms with E-state index in [9.17, 15) is 71.8 Å². The number of carbonyl (C=O) groups excluding carboxylic acids is 12. The molecule has 2 saturated heterocycles. The second-order valence-corrected chi connectivity index (χ2v) is 27.0. The summed E-state index contributed by atoms with van der Waals surface area (Å²) in [6.45, 7) is 2.03. The summed E-state index contributed by atoms with van der Waals surface area (Å²) in [6, 6.07) is 9.06. The molecular formula is C66H95FN12O21S3. The number of unbranched alkanes of at least 4 members (excludes halogenated alkanes) is 1. The molecule has 2 bridgehead atoms. The molecule has 0 saturated carbocycles. The fourth-order valence-corrected chi connectivity index (χ4v) is 13.1. The van der Waals surface area contributed by atoms with Gasteiger partial charge in [0, 0.05) is 74.4 Å². The third kappa shape index (κ3) is 39.3. The number of aliphatic imine (C=N–C) groups is 1. The Morgan fingerprint density at radius 3 is 1.86 bits per heavy atom. The van der Waals surface area contributed by atoms with Gasteiger partial charge in [-0.2, -0.15) is 0 Å². The predicted molar refractivity (Wildman–Crippen MR) is 378 cm³/mol. The molecule has 0 radical (unpaired) electrons. The summed E-state index contributed by atoms with van der Waals surface area (Å²) >= 11 is 0.984. The van der Waals surface area contributed by atoms with E-state index in [0.717, 1.165) is 33.3 Å². The molecular weight excluding hydrogens is 1410 g/mol. The Bertz CT molecular complexity index is 3110.